The fourth-order valence-electron chi connectivity index (χ4n) is 2.75. The molecular weight excluding hydrogens is 332 g/mol. The minimum atomic E-state index is -0.190. The molecule has 1 fully saturated rings. The second-order valence-electron chi connectivity index (χ2n) is 6.05. The summed E-state index contributed by atoms with van der Waals surface area (Å²) in [6, 6.07) is 14.3. The first-order valence-electron chi connectivity index (χ1n) is 8.55. The van der Waals surface area contributed by atoms with Crippen LogP contribution in [0.3, 0.4) is 0 Å². The van der Waals surface area contributed by atoms with Crippen molar-refractivity contribution in [2.45, 2.75) is 6.42 Å². The predicted octanol–water partition coefficient (Wildman–Crippen LogP) is 2.35. The Bertz CT molecular complexity index is 750. The number of morpholine rings is 1. The van der Waals surface area contributed by atoms with E-state index < -0.39 is 0 Å². The van der Waals surface area contributed by atoms with Gasteiger partial charge in [0.1, 0.15) is 5.75 Å². The number of rotatable bonds is 5. The molecule has 6 heteroatoms. The molecule has 0 aromatic heterocycles. The number of amides is 2. The smallest absolute Gasteiger partial charge is 0.255 e. The van der Waals surface area contributed by atoms with E-state index in [1.54, 1.807) is 31.4 Å². The van der Waals surface area contributed by atoms with Gasteiger partial charge in [0, 0.05) is 24.3 Å². The molecule has 0 bridgehead atoms. The van der Waals surface area contributed by atoms with Gasteiger partial charge in [0.25, 0.3) is 5.91 Å². The number of carbonyl (C=O) groups is 2. The fourth-order valence-corrected chi connectivity index (χ4v) is 2.75. The number of methoxy groups -OCH3 is 1. The van der Waals surface area contributed by atoms with Crippen molar-refractivity contribution >= 4 is 17.5 Å². The van der Waals surface area contributed by atoms with E-state index in [1.807, 2.05) is 29.2 Å². The van der Waals surface area contributed by atoms with Crippen LogP contribution in [0.4, 0.5) is 5.69 Å². The van der Waals surface area contributed by atoms with E-state index in [1.165, 1.54) is 0 Å². The lowest BCUT2D eigenvalue weighted by atomic mass is 10.1. The van der Waals surface area contributed by atoms with Gasteiger partial charge in [-0.3, -0.25) is 9.59 Å². The van der Waals surface area contributed by atoms with E-state index >= 15 is 0 Å². The summed E-state index contributed by atoms with van der Waals surface area (Å²) in [4.78, 5) is 26.3. The van der Waals surface area contributed by atoms with Crippen molar-refractivity contribution in [1.82, 2.24) is 4.90 Å². The summed E-state index contributed by atoms with van der Waals surface area (Å²) in [6.07, 6.45) is 0.354. The third-order valence-electron chi connectivity index (χ3n) is 4.28. The van der Waals surface area contributed by atoms with Gasteiger partial charge in [0.05, 0.1) is 26.7 Å². The normalized spacial score (nSPS) is 14.0. The quantitative estimate of drug-likeness (QED) is 0.895. The van der Waals surface area contributed by atoms with E-state index in [2.05, 4.69) is 5.32 Å². The second kappa shape index (κ2) is 8.49. The van der Waals surface area contributed by atoms with E-state index in [-0.39, 0.29) is 11.8 Å². The molecule has 3 rings (SSSR count). The molecule has 136 valence electrons. The van der Waals surface area contributed by atoms with Gasteiger partial charge in [0.15, 0.2) is 0 Å². The maximum atomic E-state index is 12.3. The Balaban J connectivity index is 1.56. The van der Waals surface area contributed by atoms with Crippen LogP contribution in [-0.4, -0.2) is 50.1 Å². The molecule has 1 aliphatic heterocycles. The Labute approximate surface area is 152 Å². The summed E-state index contributed by atoms with van der Waals surface area (Å²) >= 11 is 0. The molecule has 1 N–H and O–H groups in total. The Morgan fingerprint density at radius 2 is 1.69 bits per heavy atom. The first-order chi connectivity index (χ1) is 12.7. The summed E-state index contributed by atoms with van der Waals surface area (Å²) in [5.74, 6) is 0.615. The Morgan fingerprint density at radius 1 is 1.04 bits per heavy atom. The molecule has 6 nitrogen and oxygen atoms in total. The number of hydrogen-bond donors (Lipinski definition) is 1. The average molecular weight is 354 g/mol. The largest absolute Gasteiger partial charge is 0.497 e. The van der Waals surface area contributed by atoms with Gasteiger partial charge >= 0.3 is 0 Å². The fraction of sp³-hybridized carbons (Fsp3) is 0.300. The number of anilines is 1. The molecule has 0 unspecified atom stereocenters. The van der Waals surface area contributed by atoms with Crippen molar-refractivity contribution in [3.8, 4) is 5.75 Å². The highest BCUT2D eigenvalue weighted by Gasteiger charge is 2.17. The number of nitrogens with one attached hydrogen (secondary N) is 1. The van der Waals surface area contributed by atoms with Gasteiger partial charge < -0.3 is 19.7 Å². The molecule has 0 atom stereocenters. The summed E-state index contributed by atoms with van der Waals surface area (Å²) < 4.78 is 10.3. The van der Waals surface area contributed by atoms with Crippen LogP contribution < -0.4 is 10.1 Å². The van der Waals surface area contributed by atoms with Crippen LogP contribution in [0, 0.1) is 0 Å². The Hall–Kier alpha value is -2.86. The second-order valence-corrected chi connectivity index (χ2v) is 6.05. The highest BCUT2D eigenvalue weighted by molar-refractivity contribution is 6.04. The van der Waals surface area contributed by atoms with Crippen molar-refractivity contribution in [3.05, 3.63) is 59.7 Å². The van der Waals surface area contributed by atoms with Crippen LogP contribution in [0.5, 0.6) is 5.75 Å². The molecule has 0 aliphatic carbocycles. The lowest BCUT2D eigenvalue weighted by molar-refractivity contribution is -0.134. The van der Waals surface area contributed by atoms with Gasteiger partial charge in [-0.25, -0.2) is 0 Å². The maximum absolute atomic E-state index is 12.3. The first kappa shape index (κ1) is 17.9. The zero-order valence-electron chi connectivity index (χ0n) is 14.7. The van der Waals surface area contributed by atoms with Crippen LogP contribution in [0.25, 0.3) is 0 Å². The molecule has 2 aromatic rings. The van der Waals surface area contributed by atoms with Gasteiger partial charge in [-0.05, 0) is 42.0 Å². The zero-order valence-corrected chi connectivity index (χ0v) is 14.7. The molecule has 1 heterocycles. The topological polar surface area (TPSA) is 67.9 Å². The van der Waals surface area contributed by atoms with Crippen LogP contribution in [0.15, 0.2) is 48.5 Å². The molecule has 26 heavy (non-hydrogen) atoms. The highest BCUT2D eigenvalue weighted by atomic mass is 16.5. The minimum Gasteiger partial charge on any atom is -0.497 e. The molecule has 1 aliphatic rings. The van der Waals surface area contributed by atoms with E-state index in [4.69, 9.17) is 9.47 Å². The van der Waals surface area contributed by atoms with Crippen molar-refractivity contribution < 1.29 is 19.1 Å². The van der Waals surface area contributed by atoms with Crippen LogP contribution in [0.1, 0.15) is 15.9 Å². The van der Waals surface area contributed by atoms with Crippen molar-refractivity contribution in [2.24, 2.45) is 0 Å². The van der Waals surface area contributed by atoms with Crippen LogP contribution in [-0.2, 0) is 16.0 Å². The number of carbonyl (C=O) groups excluding carboxylic acids is 2. The molecule has 0 spiro atoms. The number of benzene rings is 2. The van der Waals surface area contributed by atoms with E-state index in [0.717, 1.165) is 5.56 Å². The third kappa shape index (κ3) is 4.61. The van der Waals surface area contributed by atoms with Gasteiger partial charge in [-0.15, -0.1) is 0 Å². The van der Waals surface area contributed by atoms with E-state index in [0.29, 0.717) is 49.7 Å². The molecule has 2 aromatic carbocycles. The van der Waals surface area contributed by atoms with Gasteiger partial charge in [0.2, 0.25) is 5.91 Å². The third-order valence-corrected chi connectivity index (χ3v) is 4.28. The molecule has 0 radical (unpaired) electrons. The number of ether oxygens (including phenoxy) is 2. The predicted molar refractivity (Wildman–Crippen MR) is 98.5 cm³/mol. The van der Waals surface area contributed by atoms with E-state index in [9.17, 15) is 9.59 Å². The molecule has 1 saturated heterocycles. The summed E-state index contributed by atoms with van der Waals surface area (Å²) in [7, 11) is 1.58. The average Bonchev–Trinajstić information content (AvgIpc) is 2.70. The highest BCUT2D eigenvalue weighted by Crippen LogP contribution is 2.15. The SMILES string of the molecule is COc1ccc(C(=O)Nc2ccc(CC(=O)N3CCOCC3)cc2)cc1. The first-order valence-corrected chi connectivity index (χ1v) is 8.55. The van der Waals surface area contributed by atoms with Crippen molar-refractivity contribution in [2.75, 3.05) is 38.7 Å². The number of hydrogen-bond acceptors (Lipinski definition) is 4. The van der Waals surface area contributed by atoms with Gasteiger partial charge in [-0.2, -0.15) is 0 Å². The lowest BCUT2D eigenvalue weighted by Crippen LogP contribution is -2.41. The monoisotopic (exact) mass is 354 g/mol. The molecular formula is C20H22N2O4. The van der Waals surface area contributed by atoms with Crippen molar-refractivity contribution in [1.29, 1.82) is 0 Å². The summed E-state index contributed by atoms with van der Waals surface area (Å²) in [5, 5.41) is 2.85. The molecule has 2 amide bonds. The minimum absolute atomic E-state index is 0.100. The van der Waals surface area contributed by atoms with Gasteiger partial charge in [-0.1, -0.05) is 12.1 Å². The summed E-state index contributed by atoms with van der Waals surface area (Å²) in [6.45, 7) is 2.49. The van der Waals surface area contributed by atoms with Crippen molar-refractivity contribution in [3.63, 3.8) is 0 Å². The maximum Gasteiger partial charge on any atom is 0.255 e. The van der Waals surface area contributed by atoms with Crippen LogP contribution >= 0.6 is 0 Å². The lowest BCUT2D eigenvalue weighted by Gasteiger charge is -2.26. The summed E-state index contributed by atoms with van der Waals surface area (Å²) in [5.41, 5.74) is 2.16. The number of nitrogens with zero attached hydrogens (tertiary/aromatic N) is 1. The Kier molecular flexibility index (Phi) is 5.86. The molecule has 0 saturated carbocycles. The standard InChI is InChI=1S/C20H22N2O4/c1-25-18-8-4-16(5-9-18)20(24)21-17-6-2-15(3-7-17)14-19(23)22-10-12-26-13-11-22/h2-9H,10-14H2,1H3,(H,21,24). The zero-order chi connectivity index (χ0) is 18.4. The van der Waals surface area contributed by atoms with Crippen LogP contribution in [0.2, 0.25) is 0 Å². The Morgan fingerprint density at radius 3 is 2.31 bits per heavy atom.